The molecule has 6 nitrogen and oxygen atoms in total. The number of hydrogen-bond acceptors (Lipinski definition) is 6. The first-order valence-electron chi connectivity index (χ1n) is 11.7. The van der Waals surface area contributed by atoms with E-state index in [1.807, 2.05) is 20.8 Å². The van der Waals surface area contributed by atoms with Gasteiger partial charge in [-0.3, -0.25) is 8.98 Å². The Kier molecular flexibility index (Phi) is 6.41. The standard InChI is InChI=1S/C12H18O4S.C12H18O2/c13-12(10-7-8-3-4-9(10)6-8)11-2-1-5-16-17(11,14)15;1-12(2,3)14-11(13)10-7-8-4-5-9(10)6-8/h3-4,8-13H,1-2,5-7H2;4-5,8-10H,6-7H2,1-3H3. The number of ether oxygens (including phenoxy) is 1. The summed E-state index contributed by atoms with van der Waals surface area (Å²) in [5.74, 6) is 2.23. The average molecular weight is 453 g/mol. The van der Waals surface area contributed by atoms with Crippen LogP contribution in [0, 0.1) is 35.5 Å². The molecular weight excluding hydrogens is 416 g/mol. The van der Waals surface area contributed by atoms with Crippen LogP contribution in [0.3, 0.4) is 0 Å². The first-order chi connectivity index (χ1) is 14.5. The van der Waals surface area contributed by atoms with Crippen LogP contribution in [0.15, 0.2) is 24.3 Å². The van der Waals surface area contributed by atoms with Gasteiger partial charge in [0.1, 0.15) is 10.9 Å². The van der Waals surface area contributed by atoms with Crippen molar-refractivity contribution in [3.63, 3.8) is 0 Å². The van der Waals surface area contributed by atoms with Crippen LogP contribution < -0.4 is 0 Å². The third-order valence-corrected chi connectivity index (χ3v) is 9.14. The van der Waals surface area contributed by atoms with Gasteiger partial charge in [0.25, 0.3) is 10.1 Å². The number of carbonyl (C=O) groups is 1. The molecule has 1 N–H and O–H groups in total. The molecule has 0 aromatic heterocycles. The number of carbonyl (C=O) groups excluding carboxylic acids is 1. The summed E-state index contributed by atoms with van der Waals surface area (Å²) in [5.41, 5.74) is -0.345. The maximum absolute atomic E-state index is 11.8. The molecule has 2 saturated carbocycles. The number of esters is 1. The quantitative estimate of drug-likeness (QED) is 0.400. The molecule has 5 rings (SSSR count). The van der Waals surface area contributed by atoms with Gasteiger partial charge in [0.05, 0.1) is 18.6 Å². The molecule has 8 unspecified atom stereocenters. The molecule has 0 aromatic carbocycles. The first-order valence-corrected chi connectivity index (χ1v) is 13.2. The molecule has 1 heterocycles. The third kappa shape index (κ3) is 5.09. The second-order valence-corrected chi connectivity index (χ2v) is 12.7. The van der Waals surface area contributed by atoms with Crippen LogP contribution in [0.4, 0.5) is 0 Å². The summed E-state index contributed by atoms with van der Waals surface area (Å²) in [7, 11) is -3.55. The van der Waals surface area contributed by atoms with Gasteiger partial charge in [0, 0.05) is 0 Å². The van der Waals surface area contributed by atoms with Crippen molar-refractivity contribution in [2.45, 2.75) is 76.3 Å². The van der Waals surface area contributed by atoms with E-state index in [1.165, 1.54) is 0 Å². The van der Waals surface area contributed by atoms with Gasteiger partial charge in [-0.15, -0.1) is 0 Å². The molecule has 4 aliphatic carbocycles. The second kappa shape index (κ2) is 8.64. The van der Waals surface area contributed by atoms with E-state index in [2.05, 4.69) is 24.3 Å². The summed E-state index contributed by atoms with van der Waals surface area (Å²) in [5, 5.41) is 9.62. The molecule has 0 aromatic rings. The second-order valence-electron chi connectivity index (χ2n) is 10.9. The average Bonchev–Trinajstić information content (AvgIpc) is 3.47. The van der Waals surface area contributed by atoms with Crippen molar-refractivity contribution >= 4 is 16.1 Å². The molecule has 0 radical (unpaired) electrons. The van der Waals surface area contributed by atoms with Crippen molar-refractivity contribution < 1.29 is 27.2 Å². The normalized spacial score (nSPS) is 40.5. The molecule has 7 heteroatoms. The van der Waals surface area contributed by atoms with Crippen molar-refractivity contribution in [1.82, 2.24) is 0 Å². The van der Waals surface area contributed by atoms with Gasteiger partial charge in [0.2, 0.25) is 0 Å². The van der Waals surface area contributed by atoms with Crippen molar-refractivity contribution in [2.24, 2.45) is 35.5 Å². The largest absolute Gasteiger partial charge is 0.460 e. The lowest BCUT2D eigenvalue weighted by Gasteiger charge is -2.32. The summed E-state index contributed by atoms with van der Waals surface area (Å²) in [6, 6.07) is 0. The summed E-state index contributed by atoms with van der Waals surface area (Å²) >= 11 is 0. The molecule has 8 atom stereocenters. The fourth-order valence-electron chi connectivity index (χ4n) is 5.95. The lowest BCUT2D eigenvalue weighted by molar-refractivity contribution is -0.160. The summed E-state index contributed by atoms with van der Waals surface area (Å²) < 4.78 is 33.8. The van der Waals surface area contributed by atoms with E-state index in [-0.39, 0.29) is 30.0 Å². The highest BCUT2D eigenvalue weighted by Gasteiger charge is 2.46. The Morgan fingerprint density at radius 3 is 2.16 bits per heavy atom. The fourth-order valence-corrected chi connectivity index (χ4v) is 7.48. The van der Waals surface area contributed by atoms with E-state index in [9.17, 15) is 18.3 Å². The van der Waals surface area contributed by atoms with E-state index >= 15 is 0 Å². The van der Waals surface area contributed by atoms with Crippen molar-refractivity contribution in [3.8, 4) is 0 Å². The van der Waals surface area contributed by atoms with Crippen molar-refractivity contribution in [2.75, 3.05) is 6.61 Å². The predicted octanol–water partition coefficient (Wildman–Crippen LogP) is 3.61. The van der Waals surface area contributed by atoms with Crippen LogP contribution in [0.2, 0.25) is 0 Å². The third-order valence-electron chi connectivity index (χ3n) is 7.39. The zero-order valence-electron chi connectivity index (χ0n) is 18.8. The Morgan fingerprint density at radius 2 is 1.68 bits per heavy atom. The number of aliphatic hydroxyl groups excluding tert-OH is 1. The van der Waals surface area contributed by atoms with Crippen LogP contribution in [0.5, 0.6) is 0 Å². The van der Waals surface area contributed by atoms with Gasteiger partial charge in [-0.25, -0.2) is 0 Å². The molecule has 0 spiro atoms. The van der Waals surface area contributed by atoms with Crippen LogP contribution >= 0.6 is 0 Å². The number of allylic oxidation sites excluding steroid dienone is 4. The van der Waals surface area contributed by atoms with Crippen LogP contribution in [0.1, 0.15) is 59.3 Å². The molecule has 31 heavy (non-hydrogen) atoms. The lowest BCUT2D eigenvalue weighted by Crippen LogP contribution is -2.43. The molecule has 3 fully saturated rings. The zero-order valence-corrected chi connectivity index (χ0v) is 19.6. The van der Waals surface area contributed by atoms with Crippen molar-refractivity contribution in [1.29, 1.82) is 0 Å². The van der Waals surface area contributed by atoms with Gasteiger partial charge in [-0.05, 0) is 88.9 Å². The van der Waals surface area contributed by atoms with Gasteiger partial charge in [0.15, 0.2) is 0 Å². The van der Waals surface area contributed by atoms with Crippen LogP contribution in [-0.2, 0) is 23.8 Å². The maximum Gasteiger partial charge on any atom is 0.310 e. The van der Waals surface area contributed by atoms with Gasteiger partial charge in [-0.1, -0.05) is 24.3 Å². The van der Waals surface area contributed by atoms with Gasteiger partial charge < -0.3 is 9.84 Å². The monoisotopic (exact) mass is 452 g/mol. The molecule has 1 saturated heterocycles. The Labute approximate surface area is 186 Å². The Hall–Kier alpha value is -1.18. The van der Waals surface area contributed by atoms with Gasteiger partial charge in [-0.2, -0.15) is 8.42 Å². The fraction of sp³-hybridized carbons (Fsp3) is 0.792. The highest BCUT2D eigenvalue weighted by molar-refractivity contribution is 7.87. The lowest BCUT2D eigenvalue weighted by atomic mass is 9.86. The zero-order chi connectivity index (χ0) is 22.4. The minimum atomic E-state index is -3.55. The molecule has 0 amide bonds. The minimum absolute atomic E-state index is 0.00523. The number of fused-ring (bicyclic) bond motifs is 4. The molecular formula is C24H36O6S. The van der Waals surface area contributed by atoms with E-state index < -0.39 is 21.5 Å². The van der Waals surface area contributed by atoms with E-state index in [4.69, 9.17) is 8.92 Å². The molecule has 174 valence electrons. The van der Waals surface area contributed by atoms with E-state index in [0.717, 1.165) is 32.1 Å². The highest BCUT2D eigenvalue weighted by atomic mass is 32.2. The van der Waals surface area contributed by atoms with Gasteiger partial charge >= 0.3 is 5.97 Å². The van der Waals surface area contributed by atoms with Crippen molar-refractivity contribution in [3.05, 3.63) is 24.3 Å². The smallest absolute Gasteiger partial charge is 0.310 e. The summed E-state index contributed by atoms with van der Waals surface area (Å²) in [6.07, 6.45) is 13.4. The molecule has 5 aliphatic rings. The Balaban J connectivity index is 0.000000152. The van der Waals surface area contributed by atoms with E-state index in [1.54, 1.807) is 0 Å². The Morgan fingerprint density at radius 1 is 1.03 bits per heavy atom. The maximum atomic E-state index is 11.8. The Bertz CT molecular complexity index is 839. The van der Waals surface area contributed by atoms with E-state index in [0.29, 0.717) is 30.1 Å². The predicted molar refractivity (Wildman–Crippen MR) is 117 cm³/mol. The summed E-state index contributed by atoms with van der Waals surface area (Å²) in [4.78, 5) is 11.8. The highest BCUT2D eigenvalue weighted by Crippen LogP contribution is 2.47. The van der Waals surface area contributed by atoms with Crippen LogP contribution in [0.25, 0.3) is 0 Å². The number of aliphatic hydroxyl groups is 1. The SMILES string of the molecule is CC(C)(C)OC(=O)C1CC2C=CC1C2.O=S1(=O)OCCCC1C(O)C1CC2C=CC1C2. The number of rotatable bonds is 3. The van der Waals surface area contributed by atoms with Crippen LogP contribution in [-0.4, -0.2) is 43.1 Å². The molecule has 1 aliphatic heterocycles. The first kappa shape index (κ1) is 23.0. The molecule has 4 bridgehead atoms. The topological polar surface area (TPSA) is 89.9 Å². The number of hydrogen-bond donors (Lipinski definition) is 1. The summed E-state index contributed by atoms with van der Waals surface area (Å²) in [6.45, 7) is 6.04. The minimum Gasteiger partial charge on any atom is -0.460 e.